The van der Waals surface area contributed by atoms with Gasteiger partial charge in [-0.2, -0.15) is 4.57 Å². The Bertz CT molecular complexity index is 1180. The van der Waals surface area contributed by atoms with Crippen LogP contribution in [0.2, 0.25) is 0 Å². The van der Waals surface area contributed by atoms with Crippen molar-refractivity contribution in [1.29, 1.82) is 0 Å². The highest BCUT2D eigenvalue weighted by atomic mass is 19.1. The zero-order chi connectivity index (χ0) is 22.7. The summed E-state index contributed by atoms with van der Waals surface area (Å²) < 4.78 is 26.4. The van der Waals surface area contributed by atoms with E-state index in [9.17, 15) is 0 Å². The second kappa shape index (κ2) is 7.48. The molecule has 0 bridgehead atoms. The van der Waals surface area contributed by atoms with E-state index in [1.807, 2.05) is 20.0 Å². The summed E-state index contributed by atoms with van der Waals surface area (Å²) in [4.78, 5) is 0. The molecule has 1 nitrogen and oxygen atoms in total. The van der Waals surface area contributed by atoms with Crippen molar-refractivity contribution >= 4 is 10.8 Å². The summed E-state index contributed by atoms with van der Waals surface area (Å²) in [6.45, 7) is 13.0. The van der Waals surface area contributed by atoms with Gasteiger partial charge in [-0.1, -0.05) is 25.5 Å². The number of hydrogen-bond acceptors (Lipinski definition) is 0. The predicted molar refractivity (Wildman–Crippen MR) is 124 cm³/mol. The molecule has 2 aromatic carbocycles. The molecule has 0 aliphatic heterocycles. The lowest BCUT2D eigenvalue weighted by molar-refractivity contribution is -0.665. The van der Waals surface area contributed by atoms with Gasteiger partial charge < -0.3 is 0 Å². The monoisotopic (exact) mass is 405 g/mol. The van der Waals surface area contributed by atoms with Crippen LogP contribution in [0.25, 0.3) is 22.0 Å². The van der Waals surface area contributed by atoms with Crippen LogP contribution >= 0.6 is 0 Å². The van der Waals surface area contributed by atoms with E-state index in [0.717, 1.165) is 59.0 Å². The van der Waals surface area contributed by atoms with Crippen LogP contribution in [0, 0.1) is 38.9 Å². The molecule has 0 saturated heterocycles. The summed E-state index contributed by atoms with van der Waals surface area (Å²) in [6.07, 6.45) is 4.29. The van der Waals surface area contributed by atoms with Crippen molar-refractivity contribution in [2.45, 2.75) is 73.1 Å². The average Bonchev–Trinajstić information content (AvgIpc) is 2.70. The topological polar surface area (TPSA) is 3.88 Å². The predicted octanol–water partition coefficient (Wildman–Crippen LogP) is 7.39. The van der Waals surface area contributed by atoms with Crippen LogP contribution < -0.4 is 4.57 Å². The van der Waals surface area contributed by atoms with E-state index in [1.165, 1.54) is 16.7 Å². The van der Waals surface area contributed by atoms with Crippen LogP contribution in [-0.2, 0) is 7.05 Å². The van der Waals surface area contributed by atoms with E-state index in [-0.39, 0.29) is 11.7 Å². The molecular weight excluding hydrogens is 369 g/mol. The fourth-order valence-corrected chi connectivity index (χ4v) is 5.15. The molecular formula is C28H35FN+. The lowest BCUT2D eigenvalue weighted by Crippen LogP contribution is -2.35. The minimum Gasteiger partial charge on any atom is -0.207 e. The van der Waals surface area contributed by atoms with Crippen molar-refractivity contribution in [3.8, 4) is 11.3 Å². The van der Waals surface area contributed by atoms with Crippen molar-refractivity contribution < 1.29 is 10.3 Å². The summed E-state index contributed by atoms with van der Waals surface area (Å²) in [7, 11) is 1.99. The number of halogens is 1. The van der Waals surface area contributed by atoms with Gasteiger partial charge in [-0.05, 0) is 98.1 Å². The molecule has 158 valence electrons. The zero-order valence-electron chi connectivity index (χ0n) is 20.5. The van der Waals surface area contributed by atoms with Gasteiger partial charge in [0.25, 0.3) is 0 Å². The van der Waals surface area contributed by atoms with Crippen LogP contribution in [0.4, 0.5) is 4.39 Å². The Balaban J connectivity index is 1.97. The Morgan fingerprint density at radius 1 is 1.03 bits per heavy atom. The van der Waals surface area contributed by atoms with Gasteiger partial charge in [-0.3, -0.25) is 0 Å². The third-order valence-electron chi connectivity index (χ3n) is 7.39. The van der Waals surface area contributed by atoms with E-state index in [1.54, 1.807) is 6.07 Å². The van der Waals surface area contributed by atoms with E-state index >= 15 is 4.39 Å². The fraction of sp³-hybridized carbons (Fsp3) is 0.464. The number of benzene rings is 2. The molecule has 0 amide bonds. The fourth-order valence-electron chi connectivity index (χ4n) is 5.15. The van der Waals surface area contributed by atoms with Crippen molar-refractivity contribution in [2.24, 2.45) is 12.5 Å². The maximum Gasteiger partial charge on any atom is 0.220 e. The Morgan fingerprint density at radius 3 is 2.37 bits per heavy atom. The van der Waals surface area contributed by atoms with E-state index < -0.39 is 0 Å². The summed E-state index contributed by atoms with van der Waals surface area (Å²) in [5.74, 6) is 0.126. The molecule has 0 atom stereocenters. The molecule has 1 saturated carbocycles. The molecule has 3 aromatic rings. The van der Waals surface area contributed by atoms with Gasteiger partial charge in [0.2, 0.25) is 5.69 Å². The second-order valence-electron chi connectivity index (χ2n) is 10.2. The molecule has 0 radical (unpaired) electrons. The molecule has 1 aromatic heterocycles. The van der Waals surface area contributed by atoms with Gasteiger partial charge in [0.05, 0.1) is 12.3 Å². The molecule has 4 rings (SSSR count). The van der Waals surface area contributed by atoms with Crippen LogP contribution in [-0.4, -0.2) is 0 Å². The number of nitrogens with zero attached hydrogens (tertiary/aromatic N) is 1. The van der Waals surface area contributed by atoms with E-state index in [4.69, 9.17) is 1.37 Å². The first-order chi connectivity index (χ1) is 14.5. The number of aromatic nitrogens is 1. The number of rotatable bonds is 2. The Labute approximate surface area is 182 Å². The Hall–Kier alpha value is -2.22. The molecule has 30 heavy (non-hydrogen) atoms. The lowest BCUT2D eigenvalue weighted by atomic mass is 9.71. The van der Waals surface area contributed by atoms with E-state index in [2.05, 4.69) is 51.3 Å². The molecule has 0 N–H and O–H groups in total. The van der Waals surface area contributed by atoms with Gasteiger partial charge >= 0.3 is 0 Å². The maximum absolute atomic E-state index is 15.5. The summed E-state index contributed by atoms with van der Waals surface area (Å²) in [6, 6.07) is 8.57. The van der Waals surface area contributed by atoms with Crippen molar-refractivity contribution in [3.05, 3.63) is 64.1 Å². The highest BCUT2D eigenvalue weighted by molar-refractivity contribution is 5.94. The van der Waals surface area contributed by atoms with Crippen LogP contribution in [0.1, 0.15) is 74.8 Å². The number of hydrogen-bond donors (Lipinski definition) is 0. The van der Waals surface area contributed by atoms with Crippen molar-refractivity contribution in [1.82, 2.24) is 0 Å². The van der Waals surface area contributed by atoms with Crippen LogP contribution in [0.3, 0.4) is 0 Å². The van der Waals surface area contributed by atoms with Crippen molar-refractivity contribution in [3.63, 3.8) is 0 Å². The molecule has 1 aliphatic carbocycles. The third kappa shape index (κ3) is 3.66. The maximum atomic E-state index is 15.5. The highest BCUT2D eigenvalue weighted by Gasteiger charge is 2.30. The van der Waals surface area contributed by atoms with Gasteiger partial charge in [0, 0.05) is 13.0 Å². The minimum atomic E-state index is -0.122. The number of pyridine rings is 1. The molecule has 1 heterocycles. The first-order valence-electron chi connectivity index (χ1n) is 11.7. The summed E-state index contributed by atoms with van der Waals surface area (Å²) in [5.41, 5.74) is 7.82. The summed E-state index contributed by atoms with van der Waals surface area (Å²) >= 11 is 0. The lowest BCUT2D eigenvalue weighted by Gasteiger charge is -2.34. The number of fused-ring (bicyclic) bond motifs is 1. The standard InChI is InChI=1S/C28H35FN/c1-17-12-18(2)20(4)23(13-17)27-25-16-26(29)24(15-22(25)14-19(3)30(27)7)21-8-10-28(5,6)11-9-21/h12-16,21H,8-11H2,1-7H3/q+1/i14D. The SMILES string of the molecule is [2H]c1c(C)[n+](C)c(-c2cc(C)cc(C)c2C)c2cc(F)c(C3CCC(C)(C)CC3)cc12. The third-order valence-corrected chi connectivity index (χ3v) is 7.39. The van der Waals surface area contributed by atoms with E-state index in [0.29, 0.717) is 11.5 Å². The first kappa shape index (κ1) is 19.7. The Kier molecular flexibility index (Phi) is 4.92. The van der Waals surface area contributed by atoms with Gasteiger partial charge in [-0.25, -0.2) is 4.39 Å². The molecule has 1 aliphatic rings. The van der Waals surface area contributed by atoms with Crippen molar-refractivity contribution in [2.75, 3.05) is 0 Å². The normalized spacial score (nSPS) is 17.4. The highest BCUT2D eigenvalue weighted by Crippen LogP contribution is 2.44. The zero-order valence-corrected chi connectivity index (χ0v) is 19.5. The van der Waals surface area contributed by atoms with Gasteiger partial charge in [0.15, 0.2) is 5.69 Å². The molecule has 1 fully saturated rings. The molecule has 0 unspecified atom stereocenters. The molecule has 2 heteroatoms. The summed E-state index contributed by atoms with van der Waals surface area (Å²) in [5, 5.41) is 1.70. The smallest absolute Gasteiger partial charge is 0.207 e. The van der Waals surface area contributed by atoms with Crippen LogP contribution in [0.15, 0.2) is 30.3 Å². The first-order valence-corrected chi connectivity index (χ1v) is 11.2. The quantitative estimate of drug-likeness (QED) is 0.391. The molecule has 0 spiro atoms. The van der Waals surface area contributed by atoms with Crippen LogP contribution in [0.5, 0.6) is 0 Å². The minimum absolute atomic E-state index is 0.122. The van der Waals surface area contributed by atoms with Gasteiger partial charge in [-0.15, -0.1) is 0 Å². The van der Waals surface area contributed by atoms with Gasteiger partial charge in [0.1, 0.15) is 12.9 Å². The Morgan fingerprint density at radius 2 is 1.70 bits per heavy atom. The second-order valence-corrected chi connectivity index (χ2v) is 10.2. The average molecular weight is 406 g/mol. The largest absolute Gasteiger partial charge is 0.220 e. The number of aryl methyl sites for hydroxylation is 2.